The molecule has 0 atom stereocenters. The predicted octanol–water partition coefficient (Wildman–Crippen LogP) is 3.05. The average molecular weight is 562 g/mol. The minimum atomic E-state index is -0.992. The first-order chi connectivity index (χ1) is 19.5. The quantitative estimate of drug-likeness (QED) is 0.422. The number of hydrogen-bond donors (Lipinski definition) is 2. The van der Waals surface area contributed by atoms with Crippen LogP contribution in [-0.4, -0.2) is 88.3 Å². The Morgan fingerprint density at radius 2 is 1.63 bits per heavy atom. The smallest absolute Gasteiger partial charge is 0.408 e. The molecule has 1 aromatic carbocycles. The fraction of sp³-hybridized carbons (Fsp3) is 0.379. The number of carbonyl (C=O) groups excluding carboxylic acids is 2. The monoisotopic (exact) mass is 561 g/mol. The number of carboxylic acid groups (broad SMARTS) is 1. The van der Waals surface area contributed by atoms with Crippen LogP contribution < -0.4 is 15.1 Å². The van der Waals surface area contributed by atoms with Gasteiger partial charge < -0.3 is 29.9 Å². The number of nitrogens with one attached hydrogen (secondary N) is 1. The Kier molecular flexibility index (Phi) is 9.00. The number of amides is 2. The van der Waals surface area contributed by atoms with Gasteiger partial charge in [-0.3, -0.25) is 4.79 Å². The number of rotatable bonds is 8. The van der Waals surface area contributed by atoms with Crippen LogP contribution in [0.1, 0.15) is 36.7 Å². The Morgan fingerprint density at radius 1 is 0.951 bits per heavy atom. The van der Waals surface area contributed by atoms with Gasteiger partial charge in [-0.15, -0.1) is 0 Å². The first-order valence-electron chi connectivity index (χ1n) is 13.3. The van der Waals surface area contributed by atoms with Crippen molar-refractivity contribution in [2.45, 2.75) is 32.9 Å². The molecule has 1 saturated heterocycles. The predicted molar refractivity (Wildman–Crippen MR) is 154 cm³/mol. The summed E-state index contributed by atoms with van der Waals surface area (Å²) in [5, 5.41) is 11.6. The van der Waals surface area contributed by atoms with E-state index in [-0.39, 0.29) is 18.0 Å². The van der Waals surface area contributed by atoms with Crippen LogP contribution in [0.2, 0.25) is 0 Å². The second-order valence-corrected chi connectivity index (χ2v) is 10.8. The summed E-state index contributed by atoms with van der Waals surface area (Å²) in [4.78, 5) is 54.6. The van der Waals surface area contributed by atoms with E-state index in [0.29, 0.717) is 38.7 Å². The van der Waals surface area contributed by atoms with E-state index in [1.54, 1.807) is 57.2 Å². The molecule has 2 amide bonds. The molecule has 12 heteroatoms. The fourth-order valence-electron chi connectivity index (χ4n) is 4.28. The molecule has 1 aliphatic rings. The van der Waals surface area contributed by atoms with E-state index < -0.39 is 17.7 Å². The van der Waals surface area contributed by atoms with Crippen LogP contribution in [0, 0.1) is 0 Å². The van der Waals surface area contributed by atoms with Crippen LogP contribution >= 0.6 is 0 Å². The standard InChI is InChI=1S/C29H35N7O5/c1-29(2,3)41-28(40)33-18-25(37)34(4)19-20-6-5-7-21(14-20)23-16-31-27(32-17-23)36-12-10-35(11-13-36)24-9-8-22(15-30-24)26(38)39/h5-9,14-17H,10-13,18-19H2,1-4H3,(H,33,40)(H,38,39). The number of aromatic carboxylic acids is 1. The van der Waals surface area contributed by atoms with E-state index >= 15 is 0 Å². The summed E-state index contributed by atoms with van der Waals surface area (Å²) in [6, 6.07) is 11.1. The Balaban J connectivity index is 1.30. The molecule has 0 bridgehead atoms. The Bertz CT molecular complexity index is 1370. The highest BCUT2D eigenvalue weighted by atomic mass is 16.6. The van der Waals surface area contributed by atoms with Gasteiger partial charge in [0, 0.05) is 63.9 Å². The molecule has 1 fully saturated rings. The lowest BCUT2D eigenvalue weighted by Gasteiger charge is -2.35. The number of pyridine rings is 1. The topological polar surface area (TPSA) is 141 Å². The van der Waals surface area contributed by atoms with E-state index in [0.717, 1.165) is 22.5 Å². The lowest BCUT2D eigenvalue weighted by atomic mass is 10.1. The number of benzene rings is 1. The van der Waals surface area contributed by atoms with Crippen molar-refractivity contribution in [2.24, 2.45) is 0 Å². The Labute approximate surface area is 239 Å². The molecule has 12 nitrogen and oxygen atoms in total. The van der Waals surface area contributed by atoms with Gasteiger partial charge in [0.15, 0.2) is 0 Å². The van der Waals surface area contributed by atoms with Gasteiger partial charge in [0.25, 0.3) is 0 Å². The molecule has 0 unspecified atom stereocenters. The summed E-state index contributed by atoms with van der Waals surface area (Å²) < 4.78 is 5.17. The maximum absolute atomic E-state index is 12.5. The third kappa shape index (κ3) is 8.13. The number of carboxylic acids is 1. The van der Waals surface area contributed by atoms with Crippen molar-refractivity contribution in [3.05, 3.63) is 66.1 Å². The van der Waals surface area contributed by atoms with Crippen molar-refractivity contribution in [3.63, 3.8) is 0 Å². The normalized spacial score (nSPS) is 13.5. The van der Waals surface area contributed by atoms with Crippen molar-refractivity contribution < 1.29 is 24.2 Å². The molecule has 0 radical (unpaired) electrons. The number of hydrogen-bond acceptors (Lipinski definition) is 9. The highest BCUT2D eigenvalue weighted by molar-refractivity contribution is 5.87. The summed E-state index contributed by atoms with van der Waals surface area (Å²) in [6.07, 6.45) is 4.33. The Morgan fingerprint density at radius 3 is 2.24 bits per heavy atom. The van der Waals surface area contributed by atoms with Crippen molar-refractivity contribution >= 4 is 29.7 Å². The minimum Gasteiger partial charge on any atom is -0.478 e. The molecule has 2 aromatic heterocycles. The van der Waals surface area contributed by atoms with Gasteiger partial charge in [-0.25, -0.2) is 24.5 Å². The average Bonchev–Trinajstić information content (AvgIpc) is 2.95. The SMILES string of the molecule is CN(Cc1cccc(-c2cnc(N3CCN(c4ccc(C(=O)O)cn4)CC3)nc2)c1)C(=O)CNC(=O)OC(C)(C)C. The van der Waals surface area contributed by atoms with E-state index in [4.69, 9.17) is 9.84 Å². The van der Waals surface area contributed by atoms with Gasteiger partial charge >= 0.3 is 12.1 Å². The molecule has 41 heavy (non-hydrogen) atoms. The van der Waals surface area contributed by atoms with Crippen LogP contribution in [0.4, 0.5) is 16.6 Å². The largest absolute Gasteiger partial charge is 0.478 e. The maximum Gasteiger partial charge on any atom is 0.408 e. The maximum atomic E-state index is 12.5. The fourth-order valence-corrected chi connectivity index (χ4v) is 4.28. The van der Waals surface area contributed by atoms with Crippen LogP contribution in [-0.2, 0) is 16.1 Å². The highest BCUT2D eigenvalue weighted by Gasteiger charge is 2.21. The third-order valence-electron chi connectivity index (χ3n) is 6.41. The van der Waals surface area contributed by atoms with E-state index in [1.165, 1.54) is 6.20 Å². The molecule has 0 saturated carbocycles. The first-order valence-corrected chi connectivity index (χ1v) is 13.3. The molecule has 0 spiro atoms. The molecule has 3 heterocycles. The van der Waals surface area contributed by atoms with Gasteiger partial charge in [-0.05, 0) is 50.1 Å². The van der Waals surface area contributed by atoms with Gasteiger partial charge in [0.2, 0.25) is 11.9 Å². The number of anilines is 2. The summed E-state index contributed by atoms with van der Waals surface area (Å²) in [7, 11) is 1.69. The molecule has 3 aromatic rings. The zero-order valence-corrected chi connectivity index (χ0v) is 23.7. The lowest BCUT2D eigenvalue weighted by Crippen LogP contribution is -2.47. The van der Waals surface area contributed by atoms with Crippen molar-refractivity contribution in [2.75, 3.05) is 49.6 Å². The zero-order chi connectivity index (χ0) is 29.6. The zero-order valence-electron chi connectivity index (χ0n) is 23.7. The third-order valence-corrected chi connectivity index (χ3v) is 6.41. The van der Waals surface area contributed by atoms with E-state index in [1.807, 2.05) is 24.3 Å². The number of ether oxygens (including phenoxy) is 1. The number of alkyl carbamates (subject to hydrolysis) is 1. The molecule has 2 N–H and O–H groups in total. The Hall–Kier alpha value is -4.74. The molecule has 0 aliphatic carbocycles. The number of nitrogens with zero attached hydrogens (tertiary/aromatic N) is 6. The van der Waals surface area contributed by atoms with Crippen molar-refractivity contribution in [1.82, 2.24) is 25.2 Å². The molecule has 216 valence electrons. The molecular formula is C29H35N7O5. The second kappa shape index (κ2) is 12.6. The summed E-state index contributed by atoms with van der Waals surface area (Å²) in [6.45, 7) is 8.36. The number of piperazine rings is 1. The summed E-state index contributed by atoms with van der Waals surface area (Å²) in [5.41, 5.74) is 2.26. The van der Waals surface area contributed by atoms with Crippen molar-refractivity contribution in [3.8, 4) is 11.1 Å². The number of likely N-dealkylation sites (N-methyl/N-ethyl adjacent to an activating group) is 1. The van der Waals surface area contributed by atoms with Crippen LogP contribution in [0.25, 0.3) is 11.1 Å². The van der Waals surface area contributed by atoms with Crippen LogP contribution in [0.15, 0.2) is 55.0 Å². The number of carbonyl (C=O) groups is 3. The summed E-state index contributed by atoms with van der Waals surface area (Å²) in [5.74, 6) is 0.162. The van der Waals surface area contributed by atoms with Gasteiger partial charge in [-0.1, -0.05) is 18.2 Å². The molecule has 1 aliphatic heterocycles. The van der Waals surface area contributed by atoms with Crippen LogP contribution in [0.5, 0.6) is 0 Å². The lowest BCUT2D eigenvalue weighted by molar-refractivity contribution is -0.129. The number of aromatic nitrogens is 3. The van der Waals surface area contributed by atoms with Crippen LogP contribution in [0.3, 0.4) is 0 Å². The summed E-state index contributed by atoms with van der Waals surface area (Å²) >= 11 is 0. The first kappa shape index (κ1) is 29.2. The van der Waals surface area contributed by atoms with Crippen molar-refractivity contribution in [1.29, 1.82) is 0 Å². The van der Waals surface area contributed by atoms with E-state index in [2.05, 4.69) is 30.1 Å². The second-order valence-electron chi connectivity index (χ2n) is 10.8. The van der Waals surface area contributed by atoms with Gasteiger partial charge in [0.1, 0.15) is 18.0 Å². The molecule has 4 rings (SSSR count). The molecular weight excluding hydrogens is 526 g/mol. The minimum absolute atomic E-state index is 0.151. The highest BCUT2D eigenvalue weighted by Crippen LogP contribution is 2.22. The van der Waals surface area contributed by atoms with E-state index in [9.17, 15) is 14.4 Å². The van der Waals surface area contributed by atoms with Gasteiger partial charge in [0.05, 0.1) is 5.56 Å². The van der Waals surface area contributed by atoms with Gasteiger partial charge in [-0.2, -0.15) is 0 Å².